The van der Waals surface area contributed by atoms with Gasteiger partial charge in [0.15, 0.2) is 0 Å². The van der Waals surface area contributed by atoms with Crippen LogP contribution in [0.1, 0.15) is 44.6 Å². The van der Waals surface area contributed by atoms with Crippen LogP contribution in [0.25, 0.3) is 0 Å². The largest absolute Gasteiger partial charge is 0.354 e. The second-order valence-electron chi connectivity index (χ2n) is 7.06. The van der Waals surface area contributed by atoms with Gasteiger partial charge in [0.1, 0.15) is 5.82 Å². The van der Waals surface area contributed by atoms with E-state index in [1.165, 1.54) is 6.07 Å². The van der Waals surface area contributed by atoms with Gasteiger partial charge >= 0.3 is 0 Å². The average Bonchev–Trinajstić information content (AvgIpc) is 2.65. The number of nitrogens with two attached hydrogens (primary N) is 1. The van der Waals surface area contributed by atoms with E-state index in [2.05, 4.69) is 5.32 Å². The number of aryl methyl sites for hydroxylation is 1. The van der Waals surface area contributed by atoms with Gasteiger partial charge in [-0.2, -0.15) is 0 Å². The topological polar surface area (TPSA) is 75.4 Å². The molecule has 1 saturated heterocycles. The zero-order valence-corrected chi connectivity index (χ0v) is 15.5. The number of rotatable bonds is 8. The Bertz CT molecular complexity index is 608. The van der Waals surface area contributed by atoms with Crippen molar-refractivity contribution in [2.75, 3.05) is 19.6 Å². The summed E-state index contributed by atoms with van der Waals surface area (Å²) in [5, 5.41) is 2.88. The smallest absolute Gasteiger partial charge is 0.225 e. The molecule has 6 heteroatoms. The van der Waals surface area contributed by atoms with Crippen LogP contribution in [0.3, 0.4) is 0 Å². The number of carbonyl (C=O) groups is 2. The molecule has 1 aliphatic rings. The maximum atomic E-state index is 13.8. The Morgan fingerprint density at radius 3 is 2.85 bits per heavy atom. The van der Waals surface area contributed by atoms with Gasteiger partial charge in [0, 0.05) is 38.0 Å². The number of nitrogens with zero attached hydrogens (tertiary/aromatic N) is 1. The third-order valence-electron chi connectivity index (χ3n) is 5.04. The van der Waals surface area contributed by atoms with E-state index in [-0.39, 0.29) is 29.6 Å². The maximum absolute atomic E-state index is 13.8. The van der Waals surface area contributed by atoms with Gasteiger partial charge in [-0.15, -0.1) is 0 Å². The van der Waals surface area contributed by atoms with E-state index in [1.54, 1.807) is 12.1 Å². The Kier molecular flexibility index (Phi) is 8.04. The first-order chi connectivity index (χ1) is 12.5. The molecule has 2 unspecified atom stereocenters. The number of piperidine rings is 1. The molecule has 1 heterocycles. The molecule has 26 heavy (non-hydrogen) atoms. The van der Waals surface area contributed by atoms with Crippen molar-refractivity contribution in [1.82, 2.24) is 10.2 Å². The van der Waals surface area contributed by atoms with Crippen molar-refractivity contribution < 1.29 is 14.0 Å². The lowest BCUT2D eigenvalue weighted by Crippen LogP contribution is -2.51. The van der Waals surface area contributed by atoms with E-state index in [1.807, 2.05) is 17.9 Å². The number of nitrogens with one attached hydrogen (secondary N) is 1. The molecule has 2 amide bonds. The summed E-state index contributed by atoms with van der Waals surface area (Å²) in [6, 6.07) is 6.74. The van der Waals surface area contributed by atoms with Crippen LogP contribution < -0.4 is 11.1 Å². The van der Waals surface area contributed by atoms with Gasteiger partial charge < -0.3 is 16.0 Å². The number of benzene rings is 1. The minimum Gasteiger partial charge on any atom is -0.354 e. The van der Waals surface area contributed by atoms with E-state index >= 15 is 0 Å². The highest BCUT2D eigenvalue weighted by Gasteiger charge is 2.29. The average molecular weight is 363 g/mol. The van der Waals surface area contributed by atoms with Gasteiger partial charge in [-0.1, -0.05) is 25.1 Å². The second-order valence-corrected chi connectivity index (χ2v) is 7.06. The van der Waals surface area contributed by atoms with Crippen LogP contribution >= 0.6 is 0 Å². The zero-order valence-electron chi connectivity index (χ0n) is 15.5. The van der Waals surface area contributed by atoms with Crippen LogP contribution in [0.4, 0.5) is 4.39 Å². The summed E-state index contributed by atoms with van der Waals surface area (Å²) in [4.78, 5) is 26.4. The Balaban J connectivity index is 1.89. The summed E-state index contributed by atoms with van der Waals surface area (Å²) in [7, 11) is 0. The molecular weight excluding hydrogens is 333 g/mol. The van der Waals surface area contributed by atoms with E-state index in [0.717, 1.165) is 25.8 Å². The van der Waals surface area contributed by atoms with E-state index in [0.29, 0.717) is 37.9 Å². The standard InChI is InChI=1S/C20H30FN3O2/c1-15(9-10-16-6-2-3-8-18(16)21)20(26)24-13-5-4-7-17(24)14-23-19(25)11-12-22/h2-3,6,8,15,17H,4-5,7,9-14,22H2,1H3,(H,23,25). The molecule has 0 saturated carbocycles. The van der Waals surface area contributed by atoms with Gasteiger partial charge in [-0.3, -0.25) is 9.59 Å². The molecule has 1 aromatic rings. The highest BCUT2D eigenvalue weighted by atomic mass is 19.1. The molecule has 2 atom stereocenters. The molecule has 5 nitrogen and oxygen atoms in total. The first-order valence-corrected chi connectivity index (χ1v) is 9.53. The normalized spacial score (nSPS) is 18.4. The van der Waals surface area contributed by atoms with Crippen molar-refractivity contribution in [2.45, 2.75) is 51.5 Å². The van der Waals surface area contributed by atoms with Crippen LogP contribution in [0.15, 0.2) is 24.3 Å². The molecule has 0 aliphatic carbocycles. The van der Waals surface area contributed by atoms with E-state index < -0.39 is 0 Å². The third-order valence-corrected chi connectivity index (χ3v) is 5.04. The summed E-state index contributed by atoms with van der Waals surface area (Å²) < 4.78 is 13.8. The zero-order chi connectivity index (χ0) is 18.9. The SMILES string of the molecule is CC(CCc1ccccc1F)C(=O)N1CCCCC1CNC(=O)CCN. The summed E-state index contributed by atoms with van der Waals surface area (Å²) in [5.41, 5.74) is 6.04. The molecular formula is C20H30FN3O2. The van der Waals surface area contributed by atoms with Gasteiger partial charge in [-0.25, -0.2) is 4.39 Å². The highest BCUT2D eigenvalue weighted by molar-refractivity contribution is 5.79. The molecule has 0 spiro atoms. The monoisotopic (exact) mass is 363 g/mol. The first kappa shape index (κ1) is 20.4. The quantitative estimate of drug-likeness (QED) is 0.744. The van der Waals surface area contributed by atoms with Crippen LogP contribution in [-0.2, 0) is 16.0 Å². The van der Waals surface area contributed by atoms with Crippen molar-refractivity contribution in [3.8, 4) is 0 Å². The van der Waals surface area contributed by atoms with Gasteiger partial charge in [0.25, 0.3) is 0 Å². The summed E-state index contributed by atoms with van der Waals surface area (Å²) in [5.74, 6) is -0.363. The van der Waals surface area contributed by atoms with Crippen molar-refractivity contribution in [2.24, 2.45) is 11.7 Å². The predicted molar refractivity (Wildman–Crippen MR) is 99.9 cm³/mol. The molecule has 1 fully saturated rings. The van der Waals surface area contributed by atoms with Crippen molar-refractivity contribution in [3.63, 3.8) is 0 Å². The van der Waals surface area contributed by atoms with Crippen molar-refractivity contribution in [1.29, 1.82) is 0 Å². The lowest BCUT2D eigenvalue weighted by Gasteiger charge is -2.37. The fourth-order valence-electron chi connectivity index (χ4n) is 3.43. The molecule has 0 radical (unpaired) electrons. The fourth-order valence-corrected chi connectivity index (χ4v) is 3.43. The van der Waals surface area contributed by atoms with Crippen LogP contribution in [0.5, 0.6) is 0 Å². The van der Waals surface area contributed by atoms with Crippen LogP contribution in [0, 0.1) is 11.7 Å². The number of hydrogen-bond donors (Lipinski definition) is 2. The predicted octanol–water partition coefficient (Wildman–Crippen LogP) is 2.24. The summed E-state index contributed by atoms with van der Waals surface area (Å²) in [6.07, 6.45) is 4.41. The number of halogens is 1. The Labute approximate surface area is 155 Å². The summed E-state index contributed by atoms with van der Waals surface area (Å²) in [6.45, 7) is 3.43. The maximum Gasteiger partial charge on any atom is 0.225 e. The Hall–Kier alpha value is -1.95. The molecule has 1 aliphatic heterocycles. The molecule has 0 aromatic heterocycles. The fraction of sp³-hybridized carbons (Fsp3) is 0.600. The molecule has 3 N–H and O–H groups in total. The van der Waals surface area contributed by atoms with Crippen molar-refractivity contribution >= 4 is 11.8 Å². The minimum absolute atomic E-state index is 0.0360. The van der Waals surface area contributed by atoms with E-state index in [4.69, 9.17) is 5.73 Å². The van der Waals surface area contributed by atoms with E-state index in [9.17, 15) is 14.0 Å². The van der Waals surface area contributed by atoms with Gasteiger partial charge in [-0.05, 0) is 43.7 Å². The second kappa shape index (κ2) is 10.3. The Morgan fingerprint density at radius 2 is 2.12 bits per heavy atom. The molecule has 2 rings (SSSR count). The van der Waals surface area contributed by atoms with Crippen LogP contribution in [-0.4, -0.2) is 42.4 Å². The van der Waals surface area contributed by atoms with Gasteiger partial charge in [0.2, 0.25) is 11.8 Å². The van der Waals surface area contributed by atoms with Crippen molar-refractivity contribution in [3.05, 3.63) is 35.6 Å². The minimum atomic E-state index is -0.217. The highest BCUT2D eigenvalue weighted by Crippen LogP contribution is 2.21. The lowest BCUT2D eigenvalue weighted by molar-refractivity contribution is -0.139. The number of carbonyl (C=O) groups excluding carboxylic acids is 2. The molecule has 0 bridgehead atoms. The number of hydrogen-bond acceptors (Lipinski definition) is 3. The number of amides is 2. The molecule has 1 aromatic carbocycles. The first-order valence-electron chi connectivity index (χ1n) is 9.53. The number of likely N-dealkylation sites (tertiary alicyclic amines) is 1. The lowest BCUT2D eigenvalue weighted by atomic mass is 9.95. The van der Waals surface area contributed by atoms with Crippen LogP contribution in [0.2, 0.25) is 0 Å². The Morgan fingerprint density at radius 1 is 1.35 bits per heavy atom. The third kappa shape index (κ3) is 5.80. The van der Waals surface area contributed by atoms with Gasteiger partial charge in [0.05, 0.1) is 0 Å². The summed E-state index contributed by atoms with van der Waals surface area (Å²) >= 11 is 0. The molecule has 144 valence electrons.